The van der Waals surface area contributed by atoms with Gasteiger partial charge in [0.25, 0.3) is 0 Å². The molecule has 2 aromatic carbocycles. The van der Waals surface area contributed by atoms with Crippen LogP contribution in [0.5, 0.6) is 23.0 Å². The van der Waals surface area contributed by atoms with Crippen LogP contribution in [0.1, 0.15) is 0 Å². The van der Waals surface area contributed by atoms with Crippen LogP contribution in [0.2, 0.25) is 0 Å². The molecule has 2 heterocycles. The van der Waals surface area contributed by atoms with E-state index in [1.807, 2.05) is 0 Å². The van der Waals surface area contributed by atoms with Gasteiger partial charge in [-0.05, 0) is 12.1 Å². The summed E-state index contributed by atoms with van der Waals surface area (Å²) < 4.78 is 21.8. The Bertz CT molecular complexity index is 1220. The highest BCUT2D eigenvalue weighted by Gasteiger charge is 2.45. The van der Waals surface area contributed by atoms with Crippen molar-refractivity contribution in [2.24, 2.45) is 0 Å². The average molecular weight is 462 g/mol. The van der Waals surface area contributed by atoms with Gasteiger partial charge in [-0.1, -0.05) is 12.1 Å². The molecular formula is C22H22O11. The first-order valence-electron chi connectivity index (χ1n) is 9.89. The van der Waals surface area contributed by atoms with E-state index in [1.54, 1.807) is 12.1 Å². The largest absolute Gasteiger partial charge is 0.508 e. The van der Waals surface area contributed by atoms with Gasteiger partial charge in [0.05, 0.1) is 13.7 Å². The molecule has 0 bridgehead atoms. The fraction of sp³-hybridized carbons (Fsp3) is 0.318. The van der Waals surface area contributed by atoms with Gasteiger partial charge in [0.2, 0.25) is 12.0 Å². The predicted octanol–water partition coefficient (Wildman–Crippen LogP) is 0.0585. The third kappa shape index (κ3) is 4.08. The second kappa shape index (κ2) is 8.89. The van der Waals surface area contributed by atoms with Crippen LogP contribution in [0.3, 0.4) is 0 Å². The molecule has 4 rings (SSSR count). The molecule has 1 fully saturated rings. The van der Waals surface area contributed by atoms with Crippen molar-refractivity contribution in [1.29, 1.82) is 0 Å². The van der Waals surface area contributed by atoms with Gasteiger partial charge in [0, 0.05) is 17.7 Å². The number of aliphatic hydroxyl groups excluding tert-OH is 4. The molecule has 1 saturated heterocycles. The molecule has 176 valence electrons. The van der Waals surface area contributed by atoms with E-state index in [0.29, 0.717) is 5.56 Å². The SMILES string of the molecule is COc1cc2oc(-c3cccc(O)c3)cc(=O)c2c(O)c1OC1OC(CO)C(O)C(O)C1O. The summed E-state index contributed by atoms with van der Waals surface area (Å²) in [6.07, 6.45) is -7.90. The summed E-state index contributed by atoms with van der Waals surface area (Å²) >= 11 is 0. The van der Waals surface area contributed by atoms with Gasteiger partial charge in [-0.3, -0.25) is 4.79 Å². The first-order chi connectivity index (χ1) is 15.7. The summed E-state index contributed by atoms with van der Waals surface area (Å²) in [7, 11) is 1.26. The van der Waals surface area contributed by atoms with Crippen molar-refractivity contribution in [3.8, 4) is 34.3 Å². The van der Waals surface area contributed by atoms with Crippen LogP contribution >= 0.6 is 0 Å². The van der Waals surface area contributed by atoms with Crippen molar-refractivity contribution in [1.82, 2.24) is 0 Å². The van der Waals surface area contributed by atoms with E-state index in [9.17, 15) is 35.4 Å². The maximum absolute atomic E-state index is 12.8. The van der Waals surface area contributed by atoms with Gasteiger partial charge >= 0.3 is 0 Å². The molecule has 0 radical (unpaired) electrons. The van der Waals surface area contributed by atoms with Crippen molar-refractivity contribution in [3.05, 3.63) is 46.6 Å². The minimum Gasteiger partial charge on any atom is -0.508 e. The Balaban J connectivity index is 1.78. The lowest BCUT2D eigenvalue weighted by molar-refractivity contribution is -0.277. The number of aromatic hydroxyl groups is 2. The Morgan fingerprint density at radius 1 is 1.03 bits per heavy atom. The summed E-state index contributed by atoms with van der Waals surface area (Å²) in [6.45, 7) is -0.674. The van der Waals surface area contributed by atoms with Gasteiger partial charge in [0.1, 0.15) is 46.9 Å². The number of phenolic OH excluding ortho intramolecular Hbond substituents is 2. The molecule has 1 aromatic heterocycles. The maximum Gasteiger partial charge on any atom is 0.229 e. The second-order valence-corrected chi connectivity index (χ2v) is 7.47. The lowest BCUT2D eigenvalue weighted by Gasteiger charge is -2.39. The number of hydrogen-bond donors (Lipinski definition) is 6. The van der Waals surface area contributed by atoms with Crippen LogP contribution in [0.25, 0.3) is 22.3 Å². The first kappa shape index (κ1) is 22.8. The summed E-state index contributed by atoms with van der Waals surface area (Å²) in [5.74, 6) is -1.04. The van der Waals surface area contributed by atoms with Crippen LogP contribution < -0.4 is 14.9 Å². The van der Waals surface area contributed by atoms with Crippen molar-refractivity contribution in [2.45, 2.75) is 30.7 Å². The minimum atomic E-state index is -1.74. The summed E-state index contributed by atoms with van der Waals surface area (Å²) in [5, 5.41) is 59.7. The van der Waals surface area contributed by atoms with E-state index in [4.69, 9.17) is 18.6 Å². The van der Waals surface area contributed by atoms with Crippen LogP contribution in [0.15, 0.2) is 45.6 Å². The van der Waals surface area contributed by atoms with E-state index in [-0.39, 0.29) is 34.0 Å². The van der Waals surface area contributed by atoms with Gasteiger partial charge in [-0.15, -0.1) is 0 Å². The molecule has 5 unspecified atom stereocenters. The van der Waals surface area contributed by atoms with E-state index in [0.717, 1.165) is 6.07 Å². The van der Waals surface area contributed by atoms with Crippen LogP contribution in [0, 0.1) is 0 Å². The number of methoxy groups -OCH3 is 1. The Morgan fingerprint density at radius 3 is 2.45 bits per heavy atom. The van der Waals surface area contributed by atoms with Gasteiger partial charge in [-0.2, -0.15) is 0 Å². The third-order valence-corrected chi connectivity index (χ3v) is 5.35. The van der Waals surface area contributed by atoms with E-state index >= 15 is 0 Å². The monoisotopic (exact) mass is 462 g/mol. The zero-order valence-corrected chi connectivity index (χ0v) is 17.3. The molecule has 3 aromatic rings. The average Bonchev–Trinajstić information content (AvgIpc) is 2.80. The molecule has 11 nitrogen and oxygen atoms in total. The fourth-order valence-corrected chi connectivity index (χ4v) is 3.61. The molecule has 0 saturated carbocycles. The molecule has 11 heteroatoms. The number of rotatable bonds is 5. The number of benzene rings is 2. The number of aliphatic hydroxyl groups is 4. The van der Waals surface area contributed by atoms with Crippen molar-refractivity contribution in [2.75, 3.05) is 13.7 Å². The molecule has 33 heavy (non-hydrogen) atoms. The van der Waals surface area contributed by atoms with Crippen LogP contribution in [-0.2, 0) is 4.74 Å². The molecule has 0 spiro atoms. The molecule has 1 aliphatic rings. The standard InChI is InChI=1S/C22H22O11/c1-30-14-7-13-16(11(25)6-12(31-13)9-3-2-4-10(24)5-9)18(27)21(14)33-22-20(29)19(28)17(26)15(8-23)32-22/h2-7,15,17,19-20,22-24,26-29H,8H2,1H3. The van der Waals surface area contributed by atoms with Crippen LogP contribution in [0.4, 0.5) is 0 Å². The zero-order chi connectivity index (χ0) is 23.9. The first-order valence-corrected chi connectivity index (χ1v) is 9.89. The van der Waals surface area contributed by atoms with Gasteiger partial charge in [0.15, 0.2) is 16.9 Å². The quantitative estimate of drug-likeness (QED) is 0.302. The molecule has 0 aliphatic carbocycles. The van der Waals surface area contributed by atoms with E-state index in [2.05, 4.69) is 0 Å². The Morgan fingerprint density at radius 2 is 1.79 bits per heavy atom. The Hall–Kier alpha value is -3.35. The molecular weight excluding hydrogens is 440 g/mol. The van der Waals surface area contributed by atoms with Crippen molar-refractivity contribution >= 4 is 11.0 Å². The van der Waals surface area contributed by atoms with E-state index < -0.39 is 48.5 Å². The highest BCUT2D eigenvalue weighted by molar-refractivity contribution is 5.89. The topological polar surface area (TPSA) is 179 Å². The maximum atomic E-state index is 12.8. The van der Waals surface area contributed by atoms with Crippen molar-refractivity contribution in [3.63, 3.8) is 0 Å². The smallest absolute Gasteiger partial charge is 0.229 e. The lowest BCUT2D eigenvalue weighted by atomic mass is 9.99. The number of hydrogen-bond acceptors (Lipinski definition) is 11. The predicted molar refractivity (Wildman–Crippen MR) is 112 cm³/mol. The van der Waals surface area contributed by atoms with Gasteiger partial charge < -0.3 is 49.3 Å². The molecule has 1 aliphatic heterocycles. The van der Waals surface area contributed by atoms with Crippen LogP contribution in [-0.4, -0.2) is 75.1 Å². The Labute approximate surface area is 186 Å². The molecule has 0 amide bonds. The van der Waals surface area contributed by atoms with E-state index in [1.165, 1.54) is 25.3 Å². The third-order valence-electron chi connectivity index (χ3n) is 5.35. The number of phenols is 2. The summed E-state index contributed by atoms with van der Waals surface area (Å²) in [4.78, 5) is 12.8. The normalized spacial score (nSPS) is 25.2. The number of ether oxygens (including phenoxy) is 3. The molecule has 5 atom stereocenters. The summed E-state index contributed by atoms with van der Waals surface area (Å²) in [6, 6.07) is 8.46. The minimum absolute atomic E-state index is 0.0287. The zero-order valence-electron chi connectivity index (χ0n) is 17.3. The molecule has 6 N–H and O–H groups in total. The lowest BCUT2D eigenvalue weighted by Crippen LogP contribution is -2.60. The van der Waals surface area contributed by atoms with Crippen molar-refractivity contribution < 1.29 is 49.3 Å². The second-order valence-electron chi connectivity index (χ2n) is 7.47. The fourth-order valence-electron chi connectivity index (χ4n) is 3.61. The Kier molecular flexibility index (Phi) is 6.15. The number of fused-ring (bicyclic) bond motifs is 1. The highest BCUT2D eigenvalue weighted by atomic mass is 16.7. The highest BCUT2D eigenvalue weighted by Crippen LogP contribution is 2.43. The van der Waals surface area contributed by atoms with Gasteiger partial charge in [-0.25, -0.2) is 0 Å². The summed E-state index contributed by atoms with van der Waals surface area (Å²) in [5.41, 5.74) is -0.251.